The molecular formula is C22H25FN4O6S. The van der Waals surface area contributed by atoms with Crippen LogP contribution in [0.3, 0.4) is 0 Å². The summed E-state index contributed by atoms with van der Waals surface area (Å²) >= 11 is 0. The summed E-state index contributed by atoms with van der Waals surface area (Å²) in [6.45, 7) is 2.20. The number of pyridine rings is 1. The minimum atomic E-state index is -2.99. The van der Waals surface area contributed by atoms with Gasteiger partial charge in [-0.2, -0.15) is 0 Å². The van der Waals surface area contributed by atoms with Gasteiger partial charge in [0.25, 0.3) is 0 Å². The van der Waals surface area contributed by atoms with Crippen LogP contribution in [0.4, 0.5) is 20.7 Å². The third-order valence-electron chi connectivity index (χ3n) is 5.65. The molecule has 2 aliphatic rings. The molecule has 12 heteroatoms. The van der Waals surface area contributed by atoms with E-state index in [1.165, 1.54) is 24.1 Å². The van der Waals surface area contributed by atoms with E-state index in [1.807, 2.05) is 4.90 Å². The summed E-state index contributed by atoms with van der Waals surface area (Å²) in [5, 5.41) is 0. The lowest BCUT2D eigenvalue weighted by atomic mass is 10.1. The van der Waals surface area contributed by atoms with E-state index in [1.54, 1.807) is 24.3 Å². The first-order valence-electron chi connectivity index (χ1n) is 10.7. The summed E-state index contributed by atoms with van der Waals surface area (Å²) in [7, 11) is -2.99. The second kappa shape index (κ2) is 9.55. The van der Waals surface area contributed by atoms with Crippen LogP contribution in [-0.2, 0) is 24.1 Å². The summed E-state index contributed by atoms with van der Waals surface area (Å²) in [4.78, 5) is 31.2. The highest BCUT2D eigenvalue weighted by atomic mass is 32.2. The summed E-state index contributed by atoms with van der Waals surface area (Å²) < 4.78 is 48.3. The van der Waals surface area contributed by atoms with Crippen LogP contribution >= 0.6 is 0 Å². The van der Waals surface area contributed by atoms with Gasteiger partial charge in [0.1, 0.15) is 24.3 Å². The van der Waals surface area contributed by atoms with Crippen molar-refractivity contribution in [3.8, 4) is 11.1 Å². The fourth-order valence-electron chi connectivity index (χ4n) is 3.71. The number of esters is 1. The molecule has 2 saturated heterocycles. The molecule has 1 aromatic carbocycles. The average Bonchev–Trinajstić information content (AvgIpc) is 3.18. The molecular weight excluding hydrogens is 467 g/mol. The number of benzene rings is 1. The molecule has 0 unspecified atom stereocenters. The Bertz CT molecular complexity index is 1170. The van der Waals surface area contributed by atoms with Crippen molar-refractivity contribution in [2.24, 2.45) is 5.73 Å². The molecule has 2 fully saturated rings. The first kappa shape index (κ1) is 23.9. The van der Waals surface area contributed by atoms with Crippen LogP contribution in [0.1, 0.15) is 6.92 Å². The predicted octanol–water partition coefficient (Wildman–Crippen LogP) is 1.34. The van der Waals surface area contributed by atoms with Gasteiger partial charge >= 0.3 is 12.1 Å². The van der Waals surface area contributed by atoms with Gasteiger partial charge in [-0.1, -0.05) is 0 Å². The fraction of sp³-hybridized carbons (Fsp3) is 0.409. The molecule has 182 valence electrons. The summed E-state index contributed by atoms with van der Waals surface area (Å²) in [6, 6.07) is 7.04. The van der Waals surface area contributed by atoms with E-state index in [-0.39, 0.29) is 24.7 Å². The van der Waals surface area contributed by atoms with E-state index in [9.17, 15) is 22.4 Å². The molecule has 34 heavy (non-hydrogen) atoms. The van der Waals surface area contributed by atoms with Gasteiger partial charge < -0.3 is 20.1 Å². The van der Waals surface area contributed by atoms with Crippen LogP contribution < -0.4 is 15.5 Å². The van der Waals surface area contributed by atoms with Crippen LogP contribution in [0.2, 0.25) is 0 Å². The molecule has 2 aliphatic heterocycles. The number of rotatable bonds is 6. The molecule has 0 saturated carbocycles. The normalized spacial score (nSPS) is 20.7. The van der Waals surface area contributed by atoms with Crippen LogP contribution in [0, 0.1) is 5.82 Å². The zero-order valence-electron chi connectivity index (χ0n) is 18.5. The quantitative estimate of drug-likeness (QED) is 0.593. The molecule has 3 heterocycles. The van der Waals surface area contributed by atoms with Crippen molar-refractivity contribution in [2.75, 3.05) is 47.5 Å². The third kappa shape index (κ3) is 5.28. The highest BCUT2D eigenvalue weighted by Crippen LogP contribution is 2.30. The van der Waals surface area contributed by atoms with Gasteiger partial charge in [0.05, 0.1) is 23.7 Å². The highest BCUT2D eigenvalue weighted by Gasteiger charge is 2.34. The molecule has 1 amide bonds. The van der Waals surface area contributed by atoms with Crippen molar-refractivity contribution in [1.29, 1.82) is 0 Å². The number of carbonyl (C=O) groups is 2. The van der Waals surface area contributed by atoms with E-state index in [0.717, 1.165) is 0 Å². The number of cyclic esters (lactones) is 1. The number of hydrogen-bond acceptors (Lipinski definition) is 9. The van der Waals surface area contributed by atoms with Gasteiger partial charge in [-0.05, 0) is 37.3 Å². The Morgan fingerprint density at radius 1 is 1.29 bits per heavy atom. The lowest BCUT2D eigenvalue weighted by Gasteiger charge is -2.27. The second-order valence-electron chi connectivity index (χ2n) is 8.24. The monoisotopic (exact) mass is 492 g/mol. The number of nitrogens with zero attached hydrogens (tertiary/aromatic N) is 3. The number of aromatic nitrogens is 1. The molecule has 0 spiro atoms. The van der Waals surface area contributed by atoms with Crippen LogP contribution in [0.5, 0.6) is 0 Å². The summed E-state index contributed by atoms with van der Waals surface area (Å²) in [5.41, 5.74) is 6.60. The first-order valence-corrected chi connectivity index (χ1v) is 12.6. The van der Waals surface area contributed by atoms with Crippen LogP contribution in [0.25, 0.3) is 11.1 Å². The number of amides is 1. The van der Waals surface area contributed by atoms with Crippen molar-refractivity contribution in [3.05, 3.63) is 42.3 Å². The summed E-state index contributed by atoms with van der Waals surface area (Å²) in [6.07, 6.45) is 0.187. The number of carbonyl (C=O) groups excluding carboxylic acids is 2. The Hall–Kier alpha value is -3.25. The Balaban J connectivity index is 1.42. The number of nitrogens with two attached hydrogens (primary N) is 1. The van der Waals surface area contributed by atoms with Gasteiger partial charge in [0, 0.05) is 30.4 Å². The molecule has 0 bridgehead atoms. The van der Waals surface area contributed by atoms with Crippen molar-refractivity contribution >= 4 is 33.4 Å². The third-order valence-corrected chi connectivity index (χ3v) is 7.26. The van der Waals surface area contributed by atoms with Gasteiger partial charge in [-0.3, -0.25) is 9.69 Å². The van der Waals surface area contributed by atoms with Crippen molar-refractivity contribution < 1.29 is 31.9 Å². The zero-order chi connectivity index (χ0) is 24.5. The highest BCUT2D eigenvalue weighted by molar-refractivity contribution is 7.91. The van der Waals surface area contributed by atoms with Gasteiger partial charge in [0.15, 0.2) is 15.9 Å². The van der Waals surface area contributed by atoms with Crippen LogP contribution in [-0.4, -0.2) is 75.4 Å². The molecule has 0 radical (unpaired) electrons. The number of halogens is 1. The smallest absolute Gasteiger partial charge is 0.414 e. The van der Waals surface area contributed by atoms with Crippen molar-refractivity contribution in [3.63, 3.8) is 0 Å². The number of anilines is 2. The molecule has 4 rings (SSSR count). The molecule has 2 atom stereocenters. The Morgan fingerprint density at radius 2 is 2.03 bits per heavy atom. The van der Waals surface area contributed by atoms with Crippen LogP contribution in [0.15, 0.2) is 36.5 Å². The van der Waals surface area contributed by atoms with E-state index in [2.05, 4.69) is 4.98 Å². The molecule has 1 aromatic heterocycles. The molecule has 10 nitrogen and oxygen atoms in total. The number of hydrogen-bond donors (Lipinski definition) is 1. The maximum Gasteiger partial charge on any atom is 0.414 e. The fourth-order valence-corrected chi connectivity index (χ4v) is 4.91. The lowest BCUT2D eigenvalue weighted by molar-refractivity contribution is -0.147. The lowest BCUT2D eigenvalue weighted by Crippen LogP contribution is -2.40. The van der Waals surface area contributed by atoms with Gasteiger partial charge in [-0.25, -0.2) is 22.6 Å². The van der Waals surface area contributed by atoms with E-state index in [0.29, 0.717) is 35.7 Å². The largest absolute Gasteiger partial charge is 0.461 e. The SMILES string of the molecule is C[C@@H](N)C(=O)OC[C@H]1CN(c2ccc(-c3ccc(N4CCS(=O)(=O)CC4)nc3)c(F)c2)C(=O)O1. The predicted molar refractivity (Wildman–Crippen MR) is 123 cm³/mol. The average molecular weight is 493 g/mol. The standard InChI is InChI=1S/C22H25FN4O6S/c1-14(24)21(28)32-13-17-12-27(22(29)33-17)16-3-4-18(19(23)10-16)15-2-5-20(25-11-15)26-6-8-34(30,31)9-7-26/h2-5,10-11,14,17H,6-9,12-13,24H2,1H3/t14-,17-/m1/s1. The Morgan fingerprint density at radius 3 is 2.65 bits per heavy atom. The topological polar surface area (TPSA) is 132 Å². The van der Waals surface area contributed by atoms with E-state index < -0.39 is 39.9 Å². The number of sulfone groups is 1. The minimum absolute atomic E-state index is 0.0842. The van der Waals surface area contributed by atoms with Crippen molar-refractivity contribution in [1.82, 2.24) is 4.98 Å². The minimum Gasteiger partial charge on any atom is -0.461 e. The maximum absolute atomic E-state index is 14.9. The maximum atomic E-state index is 14.9. The Kier molecular flexibility index (Phi) is 6.71. The van der Waals surface area contributed by atoms with Gasteiger partial charge in [-0.15, -0.1) is 0 Å². The van der Waals surface area contributed by atoms with E-state index >= 15 is 0 Å². The molecule has 2 aromatic rings. The summed E-state index contributed by atoms with van der Waals surface area (Å²) in [5.74, 6) is -0.348. The first-order chi connectivity index (χ1) is 16.1. The van der Waals surface area contributed by atoms with E-state index in [4.69, 9.17) is 15.2 Å². The van der Waals surface area contributed by atoms with Crippen molar-refractivity contribution in [2.45, 2.75) is 19.1 Å². The Labute approximate surface area is 196 Å². The molecule has 2 N–H and O–H groups in total. The zero-order valence-corrected chi connectivity index (χ0v) is 19.3. The molecule has 0 aliphatic carbocycles. The number of ether oxygens (including phenoxy) is 2. The second-order valence-corrected chi connectivity index (χ2v) is 10.5. The van der Waals surface area contributed by atoms with Gasteiger partial charge in [0.2, 0.25) is 0 Å².